The third kappa shape index (κ3) is 27.1. The van der Waals surface area contributed by atoms with Crippen molar-refractivity contribution in [2.75, 3.05) is 38.4 Å². The fourth-order valence-electron chi connectivity index (χ4n) is 7.96. The van der Waals surface area contributed by atoms with Gasteiger partial charge in [-0.1, -0.05) is 72.8 Å². The lowest BCUT2D eigenvalue weighted by molar-refractivity contribution is -0.403. The van der Waals surface area contributed by atoms with Crippen LogP contribution in [0.1, 0.15) is 112 Å². The second-order valence-corrected chi connectivity index (χ2v) is 22.6. The summed E-state index contributed by atoms with van der Waals surface area (Å²) in [5.74, 6) is 1.24. The molecule has 0 saturated heterocycles. The molecular formula is C63H85N6O13+. The predicted molar refractivity (Wildman–Crippen MR) is 311 cm³/mol. The van der Waals surface area contributed by atoms with E-state index in [9.17, 15) is 33.6 Å². The largest absolute Gasteiger partial charge is 0.491 e. The van der Waals surface area contributed by atoms with E-state index in [0.717, 1.165) is 18.4 Å². The van der Waals surface area contributed by atoms with Gasteiger partial charge in [0, 0.05) is 38.0 Å². The van der Waals surface area contributed by atoms with Crippen LogP contribution in [-0.2, 0) is 71.8 Å². The predicted octanol–water partition coefficient (Wildman–Crippen LogP) is 5.76. The number of ether oxygens (including phenoxy) is 6. The molecule has 8 N–H and O–H groups in total. The normalized spacial score (nSPS) is 13.3. The summed E-state index contributed by atoms with van der Waals surface area (Å²) in [6, 6.07) is 24.8. The fourth-order valence-corrected chi connectivity index (χ4v) is 7.96. The van der Waals surface area contributed by atoms with Crippen LogP contribution in [0.2, 0.25) is 0 Å². The van der Waals surface area contributed by atoms with E-state index in [4.69, 9.17) is 28.4 Å². The summed E-state index contributed by atoms with van der Waals surface area (Å²) in [6.45, 7) is 19.4. The number of hydrogen-bond donors (Lipinski definition) is 6. The summed E-state index contributed by atoms with van der Waals surface area (Å²) in [4.78, 5) is 99.0. The van der Waals surface area contributed by atoms with E-state index in [2.05, 4.69) is 44.2 Å². The van der Waals surface area contributed by atoms with E-state index in [1.54, 1.807) is 127 Å². The molecule has 82 heavy (non-hydrogen) atoms. The Morgan fingerprint density at radius 1 is 0.476 bits per heavy atom. The molecule has 19 nitrogen and oxygen atoms in total. The van der Waals surface area contributed by atoms with Crippen molar-refractivity contribution >= 4 is 47.2 Å². The van der Waals surface area contributed by atoms with Crippen molar-refractivity contribution in [1.82, 2.24) is 21.3 Å². The number of anilines is 1. The molecule has 5 amide bonds. The van der Waals surface area contributed by atoms with E-state index in [-0.39, 0.29) is 25.9 Å². The minimum absolute atomic E-state index is 0.00329. The Kier molecular flexibility index (Phi) is 27.0. The number of esters is 2. The van der Waals surface area contributed by atoms with E-state index in [0.29, 0.717) is 54.7 Å². The van der Waals surface area contributed by atoms with E-state index in [1.807, 2.05) is 51.1 Å². The quantitative estimate of drug-likeness (QED) is 0.0199. The van der Waals surface area contributed by atoms with Crippen molar-refractivity contribution < 1.29 is 67.7 Å². The highest BCUT2D eigenvalue weighted by Gasteiger charge is 2.36. The number of benzene rings is 4. The van der Waals surface area contributed by atoms with Crippen molar-refractivity contribution in [2.24, 2.45) is 0 Å². The summed E-state index contributed by atoms with van der Waals surface area (Å²) < 4.78 is 34.1. The SMILES string of the molecule is CC#CCCCOCCOCCOc1ccc(NC(=O)[C@H](CC(=O)OC(C)(C)C)NC(=O)[C@H](CC(=O)OC(C)(C)C)NC(=O)[C@H](Cc2ccccc2)NC(=O)[C@H](Cc2ccc(OC(C)(C)C)cc2)NC(=O)[C@@H]([NH3+])Cc2ccccc2)cc1. The lowest BCUT2D eigenvalue weighted by Gasteiger charge is -2.28. The number of amides is 5. The van der Waals surface area contributed by atoms with Gasteiger partial charge in [-0.2, -0.15) is 0 Å². The fraction of sp³-hybridized carbons (Fsp3) is 0.476. The van der Waals surface area contributed by atoms with Crippen LogP contribution in [0.4, 0.5) is 5.69 Å². The van der Waals surface area contributed by atoms with Crippen molar-refractivity contribution in [3.63, 3.8) is 0 Å². The van der Waals surface area contributed by atoms with Crippen LogP contribution in [0.5, 0.6) is 11.5 Å². The van der Waals surface area contributed by atoms with Gasteiger partial charge in [0.2, 0.25) is 23.6 Å². The Balaban J connectivity index is 1.59. The molecule has 0 radical (unpaired) electrons. The third-order valence-corrected chi connectivity index (χ3v) is 11.6. The highest BCUT2D eigenvalue weighted by Crippen LogP contribution is 2.21. The Hall–Kier alpha value is -7.79. The summed E-state index contributed by atoms with van der Waals surface area (Å²) in [5, 5.41) is 13.6. The van der Waals surface area contributed by atoms with Crippen molar-refractivity contribution in [2.45, 2.75) is 161 Å². The van der Waals surface area contributed by atoms with Gasteiger partial charge in [0.1, 0.15) is 59.1 Å². The monoisotopic (exact) mass is 1130 g/mol. The zero-order valence-corrected chi connectivity index (χ0v) is 49.3. The average molecular weight is 1130 g/mol. The van der Waals surface area contributed by atoms with Crippen LogP contribution >= 0.6 is 0 Å². The number of quaternary nitrogens is 1. The first kappa shape index (κ1) is 66.7. The average Bonchev–Trinajstić information content (AvgIpc) is 3.44. The summed E-state index contributed by atoms with van der Waals surface area (Å²) >= 11 is 0. The van der Waals surface area contributed by atoms with Gasteiger partial charge in [0.25, 0.3) is 5.91 Å². The van der Waals surface area contributed by atoms with E-state index in [1.165, 1.54) is 0 Å². The highest BCUT2D eigenvalue weighted by atomic mass is 16.6. The van der Waals surface area contributed by atoms with Gasteiger partial charge in [0.15, 0.2) is 6.04 Å². The van der Waals surface area contributed by atoms with Gasteiger partial charge in [0.05, 0.1) is 32.7 Å². The van der Waals surface area contributed by atoms with E-state index < -0.39 is 101 Å². The number of carbonyl (C=O) groups excluding carboxylic acids is 7. The molecule has 0 aliphatic rings. The van der Waals surface area contributed by atoms with Gasteiger partial charge < -0.3 is 60.7 Å². The molecule has 0 unspecified atom stereocenters. The Morgan fingerprint density at radius 2 is 0.902 bits per heavy atom. The molecule has 5 atom stereocenters. The molecular weight excluding hydrogens is 1050 g/mol. The Bertz CT molecular complexity index is 2730. The molecule has 0 aliphatic heterocycles. The number of unbranched alkanes of at least 4 members (excludes halogenated alkanes) is 1. The van der Waals surface area contributed by atoms with Crippen molar-refractivity contribution in [3.8, 4) is 23.3 Å². The molecule has 4 aromatic carbocycles. The topological polar surface area (TPSA) is 263 Å². The molecule has 4 aromatic rings. The molecule has 4 rings (SSSR count). The molecule has 19 heteroatoms. The first-order valence-electron chi connectivity index (χ1n) is 27.7. The number of carbonyl (C=O) groups is 7. The van der Waals surface area contributed by atoms with Gasteiger partial charge in [-0.05, 0) is 129 Å². The number of rotatable bonds is 31. The third-order valence-electron chi connectivity index (χ3n) is 11.6. The summed E-state index contributed by atoms with van der Waals surface area (Å²) in [7, 11) is 0. The number of hydrogen-bond acceptors (Lipinski definition) is 13. The van der Waals surface area contributed by atoms with Gasteiger partial charge in [-0.3, -0.25) is 33.6 Å². The maximum absolute atomic E-state index is 14.8. The zero-order chi connectivity index (χ0) is 60.3. The van der Waals surface area contributed by atoms with Crippen LogP contribution in [0.25, 0.3) is 0 Å². The molecule has 0 saturated carbocycles. The molecule has 0 spiro atoms. The second-order valence-electron chi connectivity index (χ2n) is 22.6. The standard InChI is InChI=1S/C63H84N6O13/c1-11-12-13-20-33-77-34-35-78-36-37-79-47-31-27-46(28-32-47)65-57(73)52(41-54(70)81-62(5,6)7)68-60(76)53(42-55(71)82-63(8,9)10)69-59(75)51(39-44-23-18-15-19-24-44)67-58(74)50(40-45-25-29-48(30-26-45)80-61(2,3)4)66-56(72)49(64)38-43-21-16-14-17-22-43/h14-19,21-32,49-53H,13,20,33-42,64H2,1-10H3,(H,65,73)(H,66,72)(H,67,74)(H,68,76)(H,69,75)/p+1/t49-,50-,51-,52-,53-/m0/s1. The van der Waals surface area contributed by atoms with E-state index >= 15 is 0 Å². The molecule has 444 valence electrons. The van der Waals surface area contributed by atoms with Crippen molar-refractivity contribution in [3.05, 3.63) is 126 Å². The zero-order valence-electron chi connectivity index (χ0n) is 49.3. The number of nitrogens with one attached hydrogen (secondary N) is 5. The van der Waals surface area contributed by atoms with Crippen LogP contribution in [0.3, 0.4) is 0 Å². The van der Waals surface area contributed by atoms with Gasteiger partial charge in [-0.25, -0.2) is 0 Å². The summed E-state index contributed by atoms with van der Waals surface area (Å²) in [6.07, 6.45) is 0.447. The van der Waals surface area contributed by atoms with Crippen LogP contribution in [0, 0.1) is 11.8 Å². The van der Waals surface area contributed by atoms with Crippen LogP contribution < -0.4 is 41.8 Å². The van der Waals surface area contributed by atoms with Gasteiger partial charge >= 0.3 is 11.9 Å². The minimum atomic E-state index is -1.72. The molecule has 0 bridgehead atoms. The maximum atomic E-state index is 14.8. The molecule has 0 fully saturated rings. The highest BCUT2D eigenvalue weighted by molar-refractivity contribution is 6.01. The second kappa shape index (κ2) is 33.2. The van der Waals surface area contributed by atoms with Gasteiger partial charge in [-0.15, -0.1) is 11.8 Å². The van der Waals surface area contributed by atoms with Crippen molar-refractivity contribution in [1.29, 1.82) is 0 Å². The molecule has 0 aromatic heterocycles. The lowest BCUT2D eigenvalue weighted by Crippen LogP contribution is -2.70. The maximum Gasteiger partial charge on any atom is 0.308 e. The van der Waals surface area contributed by atoms with Crippen LogP contribution in [0.15, 0.2) is 109 Å². The minimum Gasteiger partial charge on any atom is -0.491 e. The lowest BCUT2D eigenvalue weighted by atomic mass is 10.0. The first-order chi connectivity index (χ1) is 38.8. The molecule has 0 heterocycles. The molecule has 0 aliphatic carbocycles. The smallest absolute Gasteiger partial charge is 0.308 e. The Morgan fingerprint density at radius 3 is 1.40 bits per heavy atom. The first-order valence-corrected chi connectivity index (χ1v) is 27.7. The summed E-state index contributed by atoms with van der Waals surface area (Å²) in [5.41, 5.74) is 4.09. The Labute approximate surface area is 483 Å². The van der Waals surface area contributed by atoms with Crippen LogP contribution in [-0.4, -0.2) is 122 Å².